The Morgan fingerprint density at radius 2 is 2.40 bits per heavy atom. The highest BCUT2D eigenvalue weighted by Gasteiger charge is 1.99. The largest absolute Gasteiger partial charge is 0.367 e. The van der Waals surface area contributed by atoms with Crippen molar-refractivity contribution in [3.63, 3.8) is 0 Å². The van der Waals surface area contributed by atoms with Crippen LogP contribution in [0.4, 0.5) is 0 Å². The monoisotopic (exact) mass is 161 g/mol. The molecule has 0 saturated heterocycles. The molecule has 0 radical (unpaired) electrons. The zero-order valence-corrected chi connectivity index (χ0v) is 5.94. The molecule has 0 unspecified atom stereocenters. The number of aromatic amines is 1. The molecular weight excluding hydrogens is 154 g/mol. The third-order valence-corrected chi connectivity index (χ3v) is 0.991. The molecule has 0 aromatic carbocycles. The lowest BCUT2D eigenvalue weighted by atomic mass is 10.3. The van der Waals surface area contributed by atoms with Gasteiger partial charge in [0.15, 0.2) is 0 Å². The molecule has 1 amide bonds. The molecule has 1 aromatic rings. The van der Waals surface area contributed by atoms with Gasteiger partial charge in [-0.1, -0.05) is 0 Å². The van der Waals surface area contributed by atoms with E-state index in [1.807, 2.05) is 5.43 Å². The first-order valence-corrected chi connectivity index (χ1v) is 2.48. The zero-order chi connectivity index (χ0) is 6.69. The molecule has 0 aliphatic carbocycles. The zero-order valence-electron chi connectivity index (χ0n) is 5.13. The van der Waals surface area contributed by atoms with Crippen molar-refractivity contribution in [3.05, 3.63) is 24.0 Å². The van der Waals surface area contributed by atoms with Gasteiger partial charge < -0.3 is 4.98 Å². The number of hydrogen-bond donors (Lipinski definition) is 3. The molecule has 4 N–H and O–H groups in total. The average molecular weight is 162 g/mol. The van der Waals surface area contributed by atoms with Gasteiger partial charge >= 0.3 is 0 Å². The molecule has 1 rings (SSSR count). The molecule has 1 heterocycles. The molecule has 4 nitrogen and oxygen atoms in total. The Bertz CT molecular complexity index is 197. The second-order valence-corrected chi connectivity index (χ2v) is 1.57. The molecule has 1 aromatic heterocycles. The van der Waals surface area contributed by atoms with E-state index >= 15 is 0 Å². The third kappa shape index (κ3) is 1.75. The van der Waals surface area contributed by atoms with E-state index in [-0.39, 0.29) is 18.3 Å². The van der Waals surface area contributed by atoms with Gasteiger partial charge in [0.1, 0.15) is 0 Å². The van der Waals surface area contributed by atoms with Crippen LogP contribution in [0.15, 0.2) is 18.5 Å². The van der Waals surface area contributed by atoms with Crippen molar-refractivity contribution >= 4 is 18.3 Å². The predicted octanol–water partition coefficient (Wildman–Crippen LogP) is 0.0400. The number of hydrogen-bond acceptors (Lipinski definition) is 2. The van der Waals surface area contributed by atoms with E-state index in [1.165, 1.54) is 0 Å². The lowest BCUT2D eigenvalue weighted by Gasteiger charge is -1.90. The van der Waals surface area contributed by atoms with Gasteiger partial charge in [-0.25, -0.2) is 5.84 Å². The van der Waals surface area contributed by atoms with Crippen molar-refractivity contribution in [3.8, 4) is 0 Å². The van der Waals surface area contributed by atoms with E-state index in [1.54, 1.807) is 18.5 Å². The summed E-state index contributed by atoms with van der Waals surface area (Å²) in [5, 5.41) is 0. The van der Waals surface area contributed by atoms with E-state index < -0.39 is 0 Å². The fourth-order valence-corrected chi connectivity index (χ4v) is 0.548. The summed E-state index contributed by atoms with van der Waals surface area (Å²) in [6.07, 6.45) is 3.23. The highest BCUT2D eigenvalue weighted by Crippen LogP contribution is 1.93. The lowest BCUT2D eigenvalue weighted by Crippen LogP contribution is -2.29. The quantitative estimate of drug-likeness (QED) is 0.309. The number of hydrazine groups is 1. The number of H-pyrrole nitrogens is 1. The van der Waals surface area contributed by atoms with Crippen molar-refractivity contribution < 1.29 is 4.79 Å². The summed E-state index contributed by atoms with van der Waals surface area (Å²) in [5.74, 6) is 4.57. The van der Waals surface area contributed by atoms with Crippen molar-refractivity contribution in [2.24, 2.45) is 5.84 Å². The van der Waals surface area contributed by atoms with Gasteiger partial charge in [0.2, 0.25) is 0 Å². The molecule has 0 aliphatic heterocycles. The number of nitrogen functional groups attached to an aromatic ring is 1. The van der Waals surface area contributed by atoms with Crippen LogP contribution in [0.25, 0.3) is 0 Å². The van der Waals surface area contributed by atoms with Gasteiger partial charge in [-0.05, 0) is 6.07 Å². The second kappa shape index (κ2) is 3.92. The van der Waals surface area contributed by atoms with E-state index in [4.69, 9.17) is 5.84 Å². The summed E-state index contributed by atoms with van der Waals surface area (Å²) < 4.78 is 0. The van der Waals surface area contributed by atoms with Gasteiger partial charge in [-0.2, -0.15) is 0 Å². The number of carbonyl (C=O) groups excluding carboxylic acids is 1. The van der Waals surface area contributed by atoms with Crippen LogP contribution in [-0.4, -0.2) is 10.9 Å². The number of amides is 1. The molecule has 0 saturated carbocycles. The minimum absolute atomic E-state index is 0. The Balaban J connectivity index is 0.000000810. The first kappa shape index (κ1) is 9.00. The van der Waals surface area contributed by atoms with Gasteiger partial charge in [0.25, 0.3) is 5.91 Å². The van der Waals surface area contributed by atoms with E-state index in [0.29, 0.717) is 5.56 Å². The summed E-state index contributed by atoms with van der Waals surface area (Å²) in [5.41, 5.74) is 2.55. The van der Waals surface area contributed by atoms with Crippen LogP contribution in [0.3, 0.4) is 0 Å². The predicted molar refractivity (Wildman–Crippen MR) is 39.7 cm³/mol. The van der Waals surface area contributed by atoms with Crippen LogP contribution >= 0.6 is 12.4 Å². The fraction of sp³-hybridized carbons (Fsp3) is 0. The highest BCUT2D eigenvalue weighted by molar-refractivity contribution is 5.93. The third-order valence-electron chi connectivity index (χ3n) is 0.991. The maximum Gasteiger partial charge on any atom is 0.266 e. The maximum atomic E-state index is 10.6. The summed E-state index contributed by atoms with van der Waals surface area (Å²) in [6.45, 7) is 0. The number of carbonyl (C=O) groups is 1. The maximum absolute atomic E-state index is 10.6. The molecular formula is C5H8ClN3O. The average Bonchev–Trinajstić information content (AvgIpc) is 2.37. The number of nitrogens with one attached hydrogen (secondary N) is 2. The topological polar surface area (TPSA) is 70.9 Å². The smallest absolute Gasteiger partial charge is 0.266 e. The SMILES string of the molecule is Cl.NNC(=O)c1cc[nH]c1. The Morgan fingerprint density at radius 1 is 1.70 bits per heavy atom. The second-order valence-electron chi connectivity index (χ2n) is 1.57. The minimum atomic E-state index is -0.281. The van der Waals surface area contributed by atoms with Crippen molar-refractivity contribution in [2.75, 3.05) is 0 Å². The van der Waals surface area contributed by atoms with E-state index in [9.17, 15) is 4.79 Å². The summed E-state index contributed by atoms with van der Waals surface area (Å²) in [7, 11) is 0. The number of nitrogens with two attached hydrogens (primary N) is 1. The van der Waals surface area contributed by atoms with Gasteiger partial charge in [0.05, 0.1) is 5.56 Å². The fourth-order valence-electron chi connectivity index (χ4n) is 0.548. The molecule has 5 heteroatoms. The van der Waals surface area contributed by atoms with Gasteiger partial charge in [-0.15, -0.1) is 12.4 Å². The minimum Gasteiger partial charge on any atom is -0.367 e. The summed E-state index contributed by atoms with van der Waals surface area (Å²) in [6, 6.07) is 1.64. The first-order valence-electron chi connectivity index (χ1n) is 2.48. The number of aromatic nitrogens is 1. The van der Waals surface area contributed by atoms with Crippen LogP contribution in [-0.2, 0) is 0 Å². The molecule has 0 atom stereocenters. The number of rotatable bonds is 1. The standard InChI is InChI=1S/C5H7N3O.ClH/c6-8-5(9)4-1-2-7-3-4;/h1-3,7H,6H2,(H,8,9);1H. The van der Waals surface area contributed by atoms with Crippen LogP contribution in [0.2, 0.25) is 0 Å². The summed E-state index contributed by atoms with van der Waals surface area (Å²) >= 11 is 0. The van der Waals surface area contributed by atoms with E-state index in [2.05, 4.69) is 4.98 Å². The Morgan fingerprint density at radius 3 is 2.80 bits per heavy atom. The van der Waals surface area contributed by atoms with Gasteiger partial charge in [-0.3, -0.25) is 10.2 Å². The molecule has 56 valence electrons. The Labute approximate surface area is 64.2 Å². The first-order chi connectivity index (χ1) is 4.34. The van der Waals surface area contributed by atoms with Crippen molar-refractivity contribution in [1.29, 1.82) is 0 Å². The summed E-state index contributed by atoms with van der Waals surface area (Å²) in [4.78, 5) is 13.3. The molecule has 0 bridgehead atoms. The van der Waals surface area contributed by atoms with Crippen LogP contribution < -0.4 is 11.3 Å². The number of halogens is 1. The molecule has 0 spiro atoms. The lowest BCUT2D eigenvalue weighted by molar-refractivity contribution is 0.0954. The van der Waals surface area contributed by atoms with E-state index in [0.717, 1.165) is 0 Å². The van der Waals surface area contributed by atoms with Crippen LogP contribution in [0.1, 0.15) is 10.4 Å². The molecule has 0 aliphatic rings. The van der Waals surface area contributed by atoms with Crippen LogP contribution in [0.5, 0.6) is 0 Å². The van der Waals surface area contributed by atoms with Gasteiger partial charge in [0, 0.05) is 12.4 Å². The molecule has 0 fully saturated rings. The van der Waals surface area contributed by atoms with Crippen LogP contribution in [0, 0.1) is 0 Å². The Hall–Kier alpha value is -1.00. The normalized spacial score (nSPS) is 8.10. The van der Waals surface area contributed by atoms with Crippen molar-refractivity contribution in [2.45, 2.75) is 0 Å². The highest BCUT2D eigenvalue weighted by atomic mass is 35.5. The molecule has 10 heavy (non-hydrogen) atoms. The Kier molecular flexibility index (Phi) is 3.53. The van der Waals surface area contributed by atoms with Crippen molar-refractivity contribution in [1.82, 2.24) is 10.4 Å².